The highest BCUT2D eigenvalue weighted by molar-refractivity contribution is 4.48. The van der Waals surface area contributed by atoms with Gasteiger partial charge in [-0.1, -0.05) is 7.43 Å². The van der Waals surface area contributed by atoms with Crippen LogP contribution in [0.15, 0.2) is 0 Å². The Morgan fingerprint density at radius 2 is 1.43 bits per heavy atom. The van der Waals surface area contributed by atoms with Crippen LogP contribution in [0.3, 0.4) is 0 Å². The molecule has 0 saturated carbocycles. The van der Waals surface area contributed by atoms with E-state index >= 15 is 0 Å². The van der Waals surface area contributed by atoms with E-state index < -0.39 is 12.6 Å². The Kier molecular flexibility index (Phi) is 4.08. The zero-order valence-corrected chi connectivity index (χ0v) is 4.05. The molecule has 0 aromatic rings. The van der Waals surface area contributed by atoms with Gasteiger partial charge in [-0.25, -0.2) is 0 Å². The molecule has 0 aliphatic carbocycles. The van der Waals surface area contributed by atoms with Crippen molar-refractivity contribution in [3.05, 3.63) is 14.4 Å². The highest BCUT2D eigenvalue weighted by Gasteiger charge is 2.22. The minimum atomic E-state index is -4.07. The fourth-order valence-electron chi connectivity index (χ4n) is 0. The first-order valence-corrected chi connectivity index (χ1v) is 1.42. The van der Waals surface area contributed by atoms with Crippen LogP contribution < -0.4 is 0 Å². The Balaban J connectivity index is 0. The normalized spacial score (nSPS) is 10.3. The summed E-state index contributed by atoms with van der Waals surface area (Å²) in [5.41, 5.74) is 0. The van der Waals surface area contributed by atoms with Gasteiger partial charge in [-0.2, -0.15) is 13.2 Å². The predicted octanol–water partition coefficient (Wildman–Crippen LogP) is 2.22. The molecular formula is C4H7F3. The molecule has 0 bridgehead atoms. The maximum absolute atomic E-state index is 10.7. The zero-order valence-electron chi connectivity index (χ0n) is 4.05. The van der Waals surface area contributed by atoms with Crippen LogP contribution in [0.25, 0.3) is 0 Å². The lowest BCUT2D eigenvalue weighted by Gasteiger charge is -1.96. The molecule has 0 nitrogen and oxygen atoms in total. The van der Waals surface area contributed by atoms with Crippen molar-refractivity contribution in [2.45, 2.75) is 12.6 Å². The maximum Gasteiger partial charge on any atom is 0.389 e. The predicted molar refractivity (Wildman–Crippen MR) is 22.4 cm³/mol. The number of halogens is 3. The third-order valence-corrected chi connectivity index (χ3v) is 0.283. The Bertz CT molecular complexity index is 36.7. The monoisotopic (exact) mass is 112 g/mol. The van der Waals surface area contributed by atoms with Crippen molar-refractivity contribution in [1.29, 1.82) is 0 Å². The molecule has 0 aliphatic heterocycles. The van der Waals surface area contributed by atoms with Gasteiger partial charge < -0.3 is 0 Å². The standard InChI is InChI=1S/C3H4F3.CH3/c1-2-3(4,5)6;/h1-2H2;1H3. The van der Waals surface area contributed by atoms with Crippen molar-refractivity contribution in [1.82, 2.24) is 0 Å². The molecule has 3 heteroatoms. The van der Waals surface area contributed by atoms with Gasteiger partial charge in [-0.3, -0.25) is 0 Å². The first kappa shape index (κ1) is 9.92. The van der Waals surface area contributed by atoms with Crippen LogP contribution >= 0.6 is 0 Å². The summed E-state index contributed by atoms with van der Waals surface area (Å²) in [6.07, 6.45) is -5.05. The maximum atomic E-state index is 10.7. The zero-order chi connectivity index (χ0) is 5.21. The first-order chi connectivity index (χ1) is 2.56. The molecule has 0 unspecified atom stereocenters. The van der Waals surface area contributed by atoms with Gasteiger partial charge >= 0.3 is 6.18 Å². The molecule has 0 aliphatic rings. The van der Waals surface area contributed by atoms with E-state index in [2.05, 4.69) is 6.92 Å². The van der Waals surface area contributed by atoms with E-state index in [4.69, 9.17) is 0 Å². The average molecular weight is 112 g/mol. The summed E-state index contributed by atoms with van der Waals surface area (Å²) >= 11 is 0. The molecule has 0 heterocycles. The second-order valence-corrected chi connectivity index (χ2v) is 0.865. The summed E-state index contributed by atoms with van der Waals surface area (Å²) in [6.45, 7) is 2.63. The third kappa shape index (κ3) is 10.7. The van der Waals surface area contributed by atoms with E-state index in [1.807, 2.05) is 0 Å². The summed E-state index contributed by atoms with van der Waals surface area (Å²) in [6, 6.07) is 0. The van der Waals surface area contributed by atoms with Gasteiger partial charge in [0.25, 0.3) is 0 Å². The summed E-state index contributed by atoms with van der Waals surface area (Å²) in [7, 11) is 0. The minimum absolute atomic E-state index is 0. The van der Waals surface area contributed by atoms with Gasteiger partial charge in [-0.05, 0) is 6.92 Å². The highest BCUT2D eigenvalue weighted by atomic mass is 19.4. The van der Waals surface area contributed by atoms with Gasteiger partial charge in [0, 0.05) is 6.42 Å². The Hall–Kier alpha value is -0.210. The van der Waals surface area contributed by atoms with Crippen LogP contribution in [0.2, 0.25) is 0 Å². The topological polar surface area (TPSA) is 0 Å². The molecule has 44 valence electrons. The fourth-order valence-corrected chi connectivity index (χ4v) is 0. The molecule has 0 fully saturated rings. The lowest BCUT2D eigenvalue weighted by molar-refractivity contribution is -0.125. The second-order valence-electron chi connectivity index (χ2n) is 0.865. The van der Waals surface area contributed by atoms with Crippen molar-refractivity contribution in [3.8, 4) is 0 Å². The van der Waals surface area contributed by atoms with Gasteiger partial charge in [0.05, 0.1) is 0 Å². The van der Waals surface area contributed by atoms with Crippen LogP contribution in [0.1, 0.15) is 6.42 Å². The molecule has 0 amide bonds. The van der Waals surface area contributed by atoms with Gasteiger partial charge in [0.2, 0.25) is 0 Å². The largest absolute Gasteiger partial charge is 0.389 e. The van der Waals surface area contributed by atoms with E-state index in [-0.39, 0.29) is 7.43 Å². The van der Waals surface area contributed by atoms with Crippen LogP contribution in [0.4, 0.5) is 13.2 Å². The van der Waals surface area contributed by atoms with E-state index in [1.165, 1.54) is 0 Å². The number of hydrogen-bond acceptors (Lipinski definition) is 0. The van der Waals surface area contributed by atoms with Crippen LogP contribution in [-0.2, 0) is 0 Å². The molecular weight excluding hydrogens is 105 g/mol. The van der Waals surface area contributed by atoms with Crippen molar-refractivity contribution in [2.75, 3.05) is 0 Å². The smallest absolute Gasteiger partial charge is 0.171 e. The SMILES string of the molecule is [CH2]CC(F)(F)F.[CH3]. The Morgan fingerprint density at radius 3 is 1.43 bits per heavy atom. The molecule has 0 aromatic carbocycles. The summed E-state index contributed by atoms with van der Waals surface area (Å²) in [5, 5.41) is 0. The van der Waals surface area contributed by atoms with E-state index in [9.17, 15) is 13.2 Å². The fraction of sp³-hybridized carbons (Fsp3) is 0.500. The lowest BCUT2D eigenvalue weighted by atomic mass is 10.5. The summed E-state index contributed by atoms with van der Waals surface area (Å²) in [5.74, 6) is 0. The highest BCUT2D eigenvalue weighted by Crippen LogP contribution is 2.17. The Labute approximate surface area is 41.3 Å². The minimum Gasteiger partial charge on any atom is -0.171 e. The van der Waals surface area contributed by atoms with Gasteiger partial charge in [0.15, 0.2) is 0 Å². The van der Waals surface area contributed by atoms with Crippen LogP contribution in [0, 0.1) is 14.4 Å². The molecule has 0 atom stereocenters. The Morgan fingerprint density at radius 1 is 1.29 bits per heavy atom. The summed E-state index contributed by atoms with van der Waals surface area (Å²) in [4.78, 5) is 0. The number of hydrogen-bond donors (Lipinski definition) is 0. The molecule has 0 saturated heterocycles. The van der Waals surface area contributed by atoms with Crippen molar-refractivity contribution in [2.24, 2.45) is 0 Å². The number of alkyl halides is 3. The van der Waals surface area contributed by atoms with Crippen molar-refractivity contribution in [3.63, 3.8) is 0 Å². The van der Waals surface area contributed by atoms with Crippen molar-refractivity contribution >= 4 is 0 Å². The molecule has 0 spiro atoms. The summed E-state index contributed by atoms with van der Waals surface area (Å²) < 4.78 is 32.2. The van der Waals surface area contributed by atoms with Crippen LogP contribution in [0.5, 0.6) is 0 Å². The first-order valence-electron chi connectivity index (χ1n) is 1.42. The van der Waals surface area contributed by atoms with Crippen molar-refractivity contribution < 1.29 is 13.2 Å². The molecule has 7 heavy (non-hydrogen) atoms. The van der Waals surface area contributed by atoms with Gasteiger partial charge in [0.1, 0.15) is 0 Å². The lowest BCUT2D eigenvalue weighted by Crippen LogP contribution is -2.02. The second kappa shape index (κ2) is 2.88. The quantitative estimate of drug-likeness (QED) is 0.450. The third-order valence-electron chi connectivity index (χ3n) is 0.283. The van der Waals surface area contributed by atoms with E-state index in [0.717, 1.165) is 0 Å². The number of rotatable bonds is 0. The molecule has 0 N–H and O–H groups in total. The average Bonchev–Trinajstić information content (AvgIpc) is 1.35. The molecule has 0 aromatic heterocycles. The molecule has 2 radical (unpaired) electrons. The van der Waals surface area contributed by atoms with Gasteiger partial charge in [-0.15, -0.1) is 0 Å². The van der Waals surface area contributed by atoms with E-state index in [0.29, 0.717) is 0 Å². The van der Waals surface area contributed by atoms with E-state index in [1.54, 1.807) is 0 Å². The van der Waals surface area contributed by atoms with Crippen LogP contribution in [-0.4, -0.2) is 6.18 Å². The molecule has 0 rings (SSSR count).